The molecule has 1 aliphatic rings. The summed E-state index contributed by atoms with van der Waals surface area (Å²) in [5.74, 6) is -3.46. The number of halogens is 4. The van der Waals surface area contributed by atoms with Gasteiger partial charge in [0, 0.05) is 5.56 Å². The van der Waals surface area contributed by atoms with Crippen LogP contribution in [0.5, 0.6) is 5.75 Å². The summed E-state index contributed by atoms with van der Waals surface area (Å²) >= 11 is 0. The van der Waals surface area contributed by atoms with Crippen molar-refractivity contribution < 1.29 is 51.3 Å². The predicted molar refractivity (Wildman–Crippen MR) is 113 cm³/mol. The van der Waals surface area contributed by atoms with Crippen molar-refractivity contribution in [2.24, 2.45) is 5.73 Å². The lowest BCUT2D eigenvalue weighted by Gasteiger charge is -2.19. The van der Waals surface area contributed by atoms with Gasteiger partial charge in [0.15, 0.2) is 0 Å². The normalized spacial score (nSPS) is 15.2. The van der Waals surface area contributed by atoms with Gasteiger partial charge >= 0.3 is 24.1 Å². The van der Waals surface area contributed by atoms with E-state index >= 15 is 0 Å². The maximum Gasteiger partial charge on any atom is 0.490 e. The quantitative estimate of drug-likeness (QED) is 0.152. The summed E-state index contributed by atoms with van der Waals surface area (Å²) in [4.78, 5) is 34.1. The van der Waals surface area contributed by atoms with Crippen LogP contribution >= 0.6 is 0 Å². The van der Waals surface area contributed by atoms with Crippen LogP contribution in [0.3, 0.4) is 0 Å². The molecule has 1 atom stereocenters. The van der Waals surface area contributed by atoms with Gasteiger partial charge in [0.2, 0.25) is 5.76 Å². The van der Waals surface area contributed by atoms with Crippen LogP contribution < -0.4 is 10.5 Å². The molecular formula is C21H23F4N3O7. The van der Waals surface area contributed by atoms with Crippen LogP contribution in [0.15, 0.2) is 40.8 Å². The number of rotatable bonds is 6. The number of carbonyl (C=O) groups is 3. The van der Waals surface area contributed by atoms with Gasteiger partial charge in [-0.1, -0.05) is 0 Å². The largest absolute Gasteiger partial charge is 0.490 e. The lowest BCUT2D eigenvalue weighted by Crippen LogP contribution is -2.35. The van der Waals surface area contributed by atoms with Crippen molar-refractivity contribution in [1.29, 1.82) is 5.41 Å². The molecule has 1 saturated heterocycles. The summed E-state index contributed by atoms with van der Waals surface area (Å²) in [6.45, 7) is 1.01. The van der Waals surface area contributed by atoms with Crippen molar-refractivity contribution >= 4 is 23.7 Å². The standard InChI is InChI=1S/C18H19N3O5.C2HF3O2.CH3F/c19-16(20)11-3-5-12(6-4-11)26-18(24)15-8-7-13(25-15)10-21-9-1-2-14(21)17(22)23;3-2(4,5)1(6)7;1-2/h3-8,14H,1-2,9-10H2,(H3,19,20)(H,22,23);(H,6,7);1H3. The fourth-order valence-corrected chi connectivity index (χ4v) is 2.93. The van der Waals surface area contributed by atoms with Crippen LogP contribution in [-0.2, 0) is 16.1 Å². The molecular weight excluding hydrogens is 482 g/mol. The zero-order chi connectivity index (χ0) is 26.8. The SMILES string of the molecule is CF.N=C(N)c1ccc(OC(=O)c2ccc(CN3CCCC3C(=O)O)o2)cc1.O=C(O)C(F)(F)F. The number of carboxylic acids is 2. The summed E-state index contributed by atoms with van der Waals surface area (Å²) < 4.78 is 52.0. The number of nitrogen functional groups attached to an aromatic ring is 1. The number of alkyl halides is 4. The molecule has 2 aromatic rings. The van der Waals surface area contributed by atoms with Gasteiger partial charge in [-0.05, 0) is 55.8 Å². The number of ether oxygens (including phenoxy) is 1. The lowest BCUT2D eigenvalue weighted by molar-refractivity contribution is -0.192. The smallest absolute Gasteiger partial charge is 0.480 e. The van der Waals surface area contributed by atoms with Crippen molar-refractivity contribution in [1.82, 2.24) is 4.90 Å². The van der Waals surface area contributed by atoms with Crippen LogP contribution in [0.25, 0.3) is 0 Å². The average Bonchev–Trinajstić information content (AvgIpc) is 3.45. The summed E-state index contributed by atoms with van der Waals surface area (Å²) in [6, 6.07) is 8.88. The van der Waals surface area contributed by atoms with Crippen molar-refractivity contribution in [3.05, 3.63) is 53.5 Å². The van der Waals surface area contributed by atoms with Crippen LogP contribution in [0.2, 0.25) is 0 Å². The zero-order valence-electron chi connectivity index (χ0n) is 18.3. The minimum Gasteiger partial charge on any atom is -0.480 e. The average molecular weight is 505 g/mol. The van der Waals surface area contributed by atoms with E-state index in [9.17, 15) is 32.3 Å². The first-order valence-electron chi connectivity index (χ1n) is 9.78. The molecule has 35 heavy (non-hydrogen) atoms. The second kappa shape index (κ2) is 13.1. The molecule has 10 nitrogen and oxygen atoms in total. The second-order valence-electron chi connectivity index (χ2n) is 6.86. The Labute approximate surface area is 196 Å². The Balaban J connectivity index is 0.000000587. The van der Waals surface area contributed by atoms with Gasteiger partial charge in [-0.25, -0.2) is 9.59 Å². The summed E-state index contributed by atoms with van der Waals surface area (Å²) in [5.41, 5.74) is 5.91. The highest BCUT2D eigenvalue weighted by Gasteiger charge is 2.38. The van der Waals surface area contributed by atoms with Crippen molar-refractivity contribution in [3.8, 4) is 5.75 Å². The molecule has 1 aromatic carbocycles. The van der Waals surface area contributed by atoms with E-state index in [0.29, 0.717) is 43.8 Å². The molecule has 1 aromatic heterocycles. The van der Waals surface area contributed by atoms with Gasteiger partial charge in [0.25, 0.3) is 0 Å². The molecule has 1 fully saturated rings. The van der Waals surface area contributed by atoms with E-state index in [1.165, 1.54) is 6.07 Å². The number of hydrogen-bond acceptors (Lipinski definition) is 7. The maximum atomic E-state index is 12.2. The van der Waals surface area contributed by atoms with Gasteiger partial charge < -0.3 is 25.1 Å². The number of esters is 1. The minimum atomic E-state index is -5.08. The number of carboxylic acid groups (broad SMARTS) is 2. The van der Waals surface area contributed by atoms with E-state index in [1.54, 1.807) is 30.3 Å². The number of amidine groups is 1. The number of nitrogens with zero attached hydrogens (tertiary/aromatic N) is 1. The Morgan fingerprint density at radius 3 is 2.20 bits per heavy atom. The Kier molecular flexibility index (Phi) is 10.9. The molecule has 1 unspecified atom stereocenters. The van der Waals surface area contributed by atoms with Gasteiger partial charge in [-0.3, -0.25) is 19.5 Å². The molecule has 1 aliphatic heterocycles. The van der Waals surface area contributed by atoms with Crippen LogP contribution in [0.4, 0.5) is 17.6 Å². The van der Waals surface area contributed by atoms with E-state index in [1.807, 2.05) is 4.90 Å². The fourth-order valence-electron chi connectivity index (χ4n) is 2.93. The highest BCUT2D eigenvalue weighted by atomic mass is 19.4. The highest BCUT2D eigenvalue weighted by Crippen LogP contribution is 2.22. The summed E-state index contributed by atoms with van der Waals surface area (Å²) in [7, 11) is 0.500. The number of furan rings is 1. The molecule has 0 spiro atoms. The lowest BCUT2D eigenvalue weighted by atomic mass is 10.2. The Hall–Kier alpha value is -3.94. The molecule has 0 amide bonds. The molecule has 14 heteroatoms. The first-order valence-corrected chi connectivity index (χ1v) is 9.78. The van der Waals surface area contributed by atoms with E-state index in [2.05, 4.69) is 0 Å². The third-order valence-corrected chi connectivity index (χ3v) is 4.49. The Morgan fingerprint density at radius 2 is 1.71 bits per heavy atom. The maximum absolute atomic E-state index is 12.2. The van der Waals surface area contributed by atoms with E-state index in [0.717, 1.165) is 6.42 Å². The monoisotopic (exact) mass is 505 g/mol. The predicted octanol–water partition coefficient (Wildman–Crippen LogP) is 3.05. The molecule has 0 bridgehead atoms. The molecule has 2 heterocycles. The number of likely N-dealkylation sites (tertiary alicyclic amines) is 1. The summed E-state index contributed by atoms with van der Waals surface area (Å²) in [5, 5.41) is 23.7. The fraction of sp³-hybridized carbons (Fsp3) is 0.333. The first-order chi connectivity index (χ1) is 16.4. The van der Waals surface area contributed by atoms with Crippen LogP contribution in [0, 0.1) is 5.41 Å². The van der Waals surface area contributed by atoms with Crippen molar-refractivity contribution in [2.45, 2.75) is 31.6 Å². The van der Waals surface area contributed by atoms with Crippen molar-refractivity contribution in [3.63, 3.8) is 0 Å². The number of hydrogen-bond donors (Lipinski definition) is 4. The van der Waals surface area contributed by atoms with E-state index in [-0.39, 0.29) is 11.6 Å². The second-order valence-corrected chi connectivity index (χ2v) is 6.86. The van der Waals surface area contributed by atoms with Crippen molar-refractivity contribution in [2.75, 3.05) is 13.7 Å². The number of benzene rings is 1. The minimum absolute atomic E-state index is 0.0433. The highest BCUT2D eigenvalue weighted by molar-refractivity contribution is 5.95. The molecule has 0 radical (unpaired) electrons. The number of nitrogens with one attached hydrogen (secondary N) is 1. The van der Waals surface area contributed by atoms with E-state index in [4.69, 9.17) is 30.2 Å². The molecule has 5 N–H and O–H groups in total. The molecule has 0 aliphatic carbocycles. The number of carbonyl (C=O) groups excluding carboxylic acids is 1. The zero-order valence-corrected chi connectivity index (χ0v) is 18.3. The van der Waals surface area contributed by atoms with Crippen LogP contribution in [-0.4, -0.2) is 64.8 Å². The molecule has 3 rings (SSSR count). The van der Waals surface area contributed by atoms with Gasteiger partial charge in [0.05, 0.1) is 13.7 Å². The molecule has 0 saturated carbocycles. The number of nitrogens with two attached hydrogens (primary N) is 1. The topological polar surface area (TPSA) is 167 Å². The Morgan fingerprint density at radius 1 is 1.14 bits per heavy atom. The molecule has 192 valence electrons. The van der Waals surface area contributed by atoms with Gasteiger partial charge in [-0.2, -0.15) is 13.2 Å². The van der Waals surface area contributed by atoms with Crippen LogP contribution in [0.1, 0.15) is 34.7 Å². The third kappa shape index (κ3) is 9.08. The van der Waals surface area contributed by atoms with E-state index < -0.39 is 30.1 Å². The summed E-state index contributed by atoms with van der Waals surface area (Å²) in [6.07, 6.45) is -3.65. The Bertz CT molecular complexity index is 1020. The number of aliphatic carboxylic acids is 2. The third-order valence-electron chi connectivity index (χ3n) is 4.49. The van der Waals surface area contributed by atoms with Gasteiger partial charge in [0.1, 0.15) is 23.4 Å². The van der Waals surface area contributed by atoms with Gasteiger partial charge in [-0.15, -0.1) is 0 Å². The first kappa shape index (κ1) is 29.1.